The number of carbonyl (C=O) groups excluding carboxylic acids is 3. The highest BCUT2D eigenvalue weighted by Crippen LogP contribution is 2.34. The van der Waals surface area contributed by atoms with Gasteiger partial charge >= 0.3 is 0 Å². The van der Waals surface area contributed by atoms with Crippen molar-refractivity contribution in [1.82, 2.24) is 0 Å². The number of anilines is 3. The van der Waals surface area contributed by atoms with Gasteiger partial charge in [-0.3, -0.25) is 14.4 Å². The normalized spacial score (nSPS) is 19.0. The van der Waals surface area contributed by atoms with Crippen LogP contribution in [-0.2, 0) is 14.4 Å². The van der Waals surface area contributed by atoms with Gasteiger partial charge in [-0.2, -0.15) is 0 Å². The zero-order chi connectivity index (χ0) is 22.0. The average molecular weight is 442 g/mol. The second-order valence-corrected chi connectivity index (χ2v) is 8.12. The quantitative estimate of drug-likeness (QED) is 0.714. The number of benzene rings is 2. The lowest BCUT2D eigenvalue weighted by atomic mass is 10.1. The van der Waals surface area contributed by atoms with Crippen molar-refractivity contribution in [2.75, 3.05) is 35.3 Å². The number of nitrogens with zero attached hydrogens (tertiary/aromatic N) is 2. The van der Waals surface area contributed by atoms with Crippen LogP contribution in [0.1, 0.15) is 25.7 Å². The van der Waals surface area contributed by atoms with Gasteiger partial charge in [0.05, 0.1) is 12.8 Å². The molecule has 0 aliphatic carbocycles. The lowest BCUT2D eigenvalue weighted by molar-refractivity contribution is -0.129. The summed E-state index contributed by atoms with van der Waals surface area (Å²) in [5, 5.41) is 3.43. The Kier molecular flexibility index (Phi) is 6.13. The number of ether oxygens (including phenoxy) is 1. The van der Waals surface area contributed by atoms with E-state index in [1.54, 1.807) is 59.4 Å². The first-order valence-electron chi connectivity index (χ1n) is 10.3. The molecule has 2 aromatic rings. The van der Waals surface area contributed by atoms with Gasteiger partial charge < -0.3 is 19.9 Å². The van der Waals surface area contributed by atoms with Gasteiger partial charge in [-0.1, -0.05) is 11.6 Å². The van der Waals surface area contributed by atoms with Crippen LogP contribution in [-0.4, -0.2) is 37.9 Å². The summed E-state index contributed by atoms with van der Waals surface area (Å²) in [6.45, 7) is 1.08. The fourth-order valence-corrected chi connectivity index (χ4v) is 4.20. The highest BCUT2D eigenvalue weighted by Gasteiger charge is 2.37. The van der Waals surface area contributed by atoms with Crippen LogP contribution >= 0.6 is 11.6 Å². The molecule has 0 spiro atoms. The van der Waals surface area contributed by atoms with E-state index in [9.17, 15) is 14.4 Å². The van der Waals surface area contributed by atoms with Gasteiger partial charge in [0.2, 0.25) is 17.7 Å². The predicted octanol–water partition coefficient (Wildman–Crippen LogP) is 3.86. The van der Waals surface area contributed by atoms with Crippen LogP contribution in [0.5, 0.6) is 5.75 Å². The van der Waals surface area contributed by atoms with E-state index in [1.807, 2.05) is 0 Å². The third-order valence-electron chi connectivity index (χ3n) is 5.72. The van der Waals surface area contributed by atoms with Gasteiger partial charge in [0, 0.05) is 35.9 Å². The molecule has 1 N–H and O–H groups in total. The van der Waals surface area contributed by atoms with E-state index in [0.717, 1.165) is 18.5 Å². The van der Waals surface area contributed by atoms with E-state index in [1.165, 1.54) is 0 Å². The molecule has 2 saturated heterocycles. The fourth-order valence-electron chi connectivity index (χ4n) is 4.07. The number of methoxy groups -OCH3 is 1. The van der Waals surface area contributed by atoms with Crippen molar-refractivity contribution in [1.29, 1.82) is 0 Å². The monoisotopic (exact) mass is 441 g/mol. The van der Waals surface area contributed by atoms with Crippen molar-refractivity contribution in [3.05, 3.63) is 47.5 Å². The van der Waals surface area contributed by atoms with Crippen molar-refractivity contribution >= 4 is 46.4 Å². The van der Waals surface area contributed by atoms with Gasteiger partial charge in [0.25, 0.3) is 0 Å². The lowest BCUT2D eigenvalue weighted by Gasteiger charge is -2.28. The molecule has 4 rings (SSSR count). The SMILES string of the molecule is COc1ccc(NC(=O)C2CCN(c3ccc(Cl)cc3)C2=O)cc1N1CCCCC1=O. The highest BCUT2D eigenvalue weighted by molar-refractivity contribution is 6.30. The summed E-state index contributed by atoms with van der Waals surface area (Å²) >= 11 is 5.92. The molecule has 2 aliphatic rings. The van der Waals surface area contributed by atoms with Crippen LogP contribution in [0.2, 0.25) is 5.02 Å². The van der Waals surface area contributed by atoms with E-state index in [4.69, 9.17) is 16.3 Å². The Labute approximate surface area is 185 Å². The van der Waals surface area contributed by atoms with E-state index in [0.29, 0.717) is 48.1 Å². The van der Waals surface area contributed by atoms with Crippen LogP contribution in [0.4, 0.5) is 17.1 Å². The molecule has 2 aliphatic heterocycles. The highest BCUT2D eigenvalue weighted by atomic mass is 35.5. The summed E-state index contributed by atoms with van der Waals surface area (Å²) in [6, 6.07) is 12.2. The standard InChI is InChI=1S/C23H24ClN3O4/c1-31-20-10-7-16(14-19(20)27-12-3-2-4-21(27)28)25-22(29)18-11-13-26(23(18)30)17-8-5-15(24)6-9-17/h5-10,14,18H,2-4,11-13H2,1H3,(H,25,29). The molecular formula is C23H24ClN3O4. The second kappa shape index (κ2) is 8.98. The minimum atomic E-state index is -0.766. The number of amides is 3. The summed E-state index contributed by atoms with van der Waals surface area (Å²) < 4.78 is 5.42. The van der Waals surface area contributed by atoms with Crippen molar-refractivity contribution in [2.45, 2.75) is 25.7 Å². The van der Waals surface area contributed by atoms with Crippen molar-refractivity contribution in [3.63, 3.8) is 0 Å². The first kappa shape index (κ1) is 21.2. The van der Waals surface area contributed by atoms with E-state index in [-0.39, 0.29) is 17.7 Å². The molecular weight excluding hydrogens is 418 g/mol. The molecule has 2 aromatic carbocycles. The van der Waals surface area contributed by atoms with E-state index in [2.05, 4.69) is 5.32 Å². The second-order valence-electron chi connectivity index (χ2n) is 7.69. The van der Waals surface area contributed by atoms with Crippen LogP contribution in [0.3, 0.4) is 0 Å². The van der Waals surface area contributed by atoms with Crippen molar-refractivity contribution in [3.8, 4) is 5.75 Å². The predicted molar refractivity (Wildman–Crippen MR) is 120 cm³/mol. The molecule has 0 saturated carbocycles. The Morgan fingerprint density at radius 1 is 1.06 bits per heavy atom. The molecule has 2 heterocycles. The van der Waals surface area contributed by atoms with Gasteiger partial charge in [0.1, 0.15) is 11.7 Å². The molecule has 162 valence electrons. The number of hydrogen-bond acceptors (Lipinski definition) is 4. The molecule has 1 atom stereocenters. The molecule has 7 nitrogen and oxygen atoms in total. The zero-order valence-corrected chi connectivity index (χ0v) is 18.0. The van der Waals surface area contributed by atoms with Gasteiger partial charge in [0.15, 0.2) is 0 Å². The van der Waals surface area contributed by atoms with Crippen LogP contribution in [0.25, 0.3) is 0 Å². The Bertz CT molecular complexity index is 1010. The van der Waals surface area contributed by atoms with E-state index >= 15 is 0 Å². The summed E-state index contributed by atoms with van der Waals surface area (Å²) in [6.07, 6.45) is 2.72. The molecule has 0 radical (unpaired) electrons. The number of rotatable bonds is 5. The Hall–Kier alpha value is -3.06. The fraction of sp³-hybridized carbons (Fsp3) is 0.348. The Morgan fingerprint density at radius 3 is 2.55 bits per heavy atom. The summed E-state index contributed by atoms with van der Waals surface area (Å²) in [5.74, 6) is -0.753. The van der Waals surface area contributed by atoms with Crippen molar-refractivity contribution < 1.29 is 19.1 Å². The first-order valence-corrected chi connectivity index (χ1v) is 10.7. The molecule has 0 bridgehead atoms. The molecule has 3 amide bonds. The molecule has 8 heteroatoms. The van der Waals surface area contributed by atoms with Crippen LogP contribution < -0.4 is 19.9 Å². The van der Waals surface area contributed by atoms with Gasteiger partial charge in [-0.05, 0) is 61.7 Å². The molecule has 2 fully saturated rings. The maximum absolute atomic E-state index is 12.9. The summed E-state index contributed by atoms with van der Waals surface area (Å²) in [4.78, 5) is 41.4. The molecule has 1 unspecified atom stereocenters. The summed E-state index contributed by atoms with van der Waals surface area (Å²) in [7, 11) is 1.55. The number of hydrogen-bond donors (Lipinski definition) is 1. The van der Waals surface area contributed by atoms with Crippen molar-refractivity contribution in [2.24, 2.45) is 5.92 Å². The van der Waals surface area contributed by atoms with Gasteiger partial charge in [-0.15, -0.1) is 0 Å². The maximum atomic E-state index is 12.9. The smallest absolute Gasteiger partial charge is 0.239 e. The largest absolute Gasteiger partial charge is 0.495 e. The average Bonchev–Trinajstić information content (AvgIpc) is 3.16. The first-order chi connectivity index (χ1) is 15.0. The Morgan fingerprint density at radius 2 is 1.84 bits per heavy atom. The van der Waals surface area contributed by atoms with Gasteiger partial charge in [-0.25, -0.2) is 0 Å². The minimum Gasteiger partial charge on any atom is -0.495 e. The molecule has 31 heavy (non-hydrogen) atoms. The zero-order valence-electron chi connectivity index (χ0n) is 17.3. The topological polar surface area (TPSA) is 79.0 Å². The van der Waals surface area contributed by atoms with Crippen LogP contribution in [0.15, 0.2) is 42.5 Å². The van der Waals surface area contributed by atoms with Crippen LogP contribution in [0, 0.1) is 5.92 Å². The number of halogens is 1. The number of nitrogens with one attached hydrogen (secondary N) is 1. The summed E-state index contributed by atoms with van der Waals surface area (Å²) in [5.41, 5.74) is 1.88. The molecule has 0 aromatic heterocycles. The Balaban J connectivity index is 1.49. The third kappa shape index (κ3) is 4.37. The third-order valence-corrected chi connectivity index (χ3v) is 5.97. The number of carbonyl (C=O) groups is 3. The maximum Gasteiger partial charge on any atom is 0.239 e. The lowest BCUT2D eigenvalue weighted by Crippen LogP contribution is -2.35. The van der Waals surface area contributed by atoms with E-state index < -0.39 is 5.92 Å². The number of piperidine rings is 1. The minimum absolute atomic E-state index is 0.0394.